The van der Waals surface area contributed by atoms with Crippen LogP contribution in [0.1, 0.15) is 11.6 Å². The van der Waals surface area contributed by atoms with Gasteiger partial charge in [0.15, 0.2) is 0 Å². The fourth-order valence-electron chi connectivity index (χ4n) is 1.08. The molecule has 1 unspecified atom stereocenters. The number of nitrogens with zero attached hydrogens (tertiary/aromatic N) is 1. The van der Waals surface area contributed by atoms with Crippen LogP contribution in [0.15, 0.2) is 31.0 Å². The van der Waals surface area contributed by atoms with Crippen LogP contribution in [-0.2, 0) is 4.79 Å². The van der Waals surface area contributed by atoms with Crippen LogP contribution in [0.2, 0.25) is 5.15 Å². The highest BCUT2D eigenvalue weighted by atomic mass is 35.5. The van der Waals surface area contributed by atoms with Gasteiger partial charge in [0.1, 0.15) is 11.2 Å². The highest BCUT2D eigenvalue weighted by molar-refractivity contribution is 6.29. The van der Waals surface area contributed by atoms with Gasteiger partial charge < -0.3 is 5.32 Å². The van der Waals surface area contributed by atoms with Crippen LogP contribution in [0, 0.1) is 0 Å². The van der Waals surface area contributed by atoms with E-state index in [1.807, 2.05) is 0 Å². The van der Waals surface area contributed by atoms with Crippen molar-refractivity contribution in [2.45, 2.75) is 12.5 Å². The van der Waals surface area contributed by atoms with Crippen molar-refractivity contribution in [2.75, 3.05) is 0 Å². The quantitative estimate of drug-likeness (QED) is 0.655. The Labute approximate surface area is 96.1 Å². The summed E-state index contributed by atoms with van der Waals surface area (Å²) in [5.41, 5.74) is 0.189. The van der Waals surface area contributed by atoms with Crippen molar-refractivity contribution in [3.05, 3.63) is 41.7 Å². The summed E-state index contributed by atoms with van der Waals surface area (Å²) in [6, 6.07) is 1.36. The van der Waals surface area contributed by atoms with Gasteiger partial charge >= 0.3 is 0 Å². The zero-order chi connectivity index (χ0) is 12.1. The average Bonchev–Trinajstić information content (AvgIpc) is 2.26. The third-order valence-electron chi connectivity index (χ3n) is 1.84. The normalized spacial score (nSPS) is 12.2. The molecule has 0 bridgehead atoms. The lowest BCUT2D eigenvalue weighted by atomic mass is 10.1. The van der Waals surface area contributed by atoms with E-state index in [4.69, 9.17) is 11.6 Å². The Bertz CT molecular complexity index is 381. The fourth-order valence-corrected chi connectivity index (χ4v) is 1.19. The molecule has 0 aromatic carbocycles. The van der Waals surface area contributed by atoms with Gasteiger partial charge in [0.25, 0.3) is 6.43 Å². The molecule has 0 saturated carbocycles. The Kier molecular flexibility index (Phi) is 4.37. The minimum atomic E-state index is -2.73. The number of alkyl halides is 2. The van der Waals surface area contributed by atoms with E-state index in [1.54, 1.807) is 0 Å². The molecule has 0 saturated heterocycles. The monoisotopic (exact) mass is 246 g/mol. The first-order valence-corrected chi connectivity index (χ1v) is 4.75. The van der Waals surface area contributed by atoms with E-state index in [1.165, 1.54) is 18.3 Å². The minimum Gasteiger partial charge on any atom is -0.340 e. The molecule has 16 heavy (non-hydrogen) atoms. The average molecular weight is 247 g/mol. The maximum Gasteiger partial charge on any atom is 0.262 e. The van der Waals surface area contributed by atoms with Crippen molar-refractivity contribution < 1.29 is 13.6 Å². The lowest BCUT2D eigenvalue weighted by molar-refractivity contribution is -0.118. The SMILES string of the molecule is C=CC(=O)NC(c1ccc(Cl)nc1)C(F)F. The Morgan fingerprint density at radius 2 is 2.25 bits per heavy atom. The summed E-state index contributed by atoms with van der Waals surface area (Å²) in [6.07, 6.45) is -0.603. The van der Waals surface area contributed by atoms with Crippen LogP contribution in [0.25, 0.3) is 0 Å². The summed E-state index contributed by atoms with van der Waals surface area (Å²) in [7, 11) is 0. The molecule has 0 fully saturated rings. The second-order valence-electron chi connectivity index (χ2n) is 2.94. The third kappa shape index (κ3) is 3.27. The van der Waals surface area contributed by atoms with Crippen LogP contribution in [0.4, 0.5) is 8.78 Å². The third-order valence-corrected chi connectivity index (χ3v) is 2.07. The molecular weight excluding hydrogens is 238 g/mol. The molecule has 1 rings (SSSR count). The van der Waals surface area contributed by atoms with Gasteiger partial charge in [0, 0.05) is 6.20 Å². The van der Waals surface area contributed by atoms with E-state index in [2.05, 4.69) is 16.9 Å². The van der Waals surface area contributed by atoms with Crippen LogP contribution in [0.5, 0.6) is 0 Å². The van der Waals surface area contributed by atoms with Crippen molar-refractivity contribution in [3.8, 4) is 0 Å². The molecular formula is C10H9ClF2N2O. The van der Waals surface area contributed by atoms with E-state index in [-0.39, 0.29) is 10.7 Å². The smallest absolute Gasteiger partial charge is 0.262 e. The molecule has 3 nitrogen and oxygen atoms in total. The number of halogens is 3. The van der Waals surface area contributed by atoms with Gasteiger partial charge in [-0.2, -0.15) is 0 Å². The predicted molar refractivity (Wildman–Crippen MR) is 56.3 cm³/mol. The number of carbonyl (C=O) groups excluding carboxylic acids is 1. The van der Waals surface area contributed by atoms with Gasteiger partial charge in [-0.05, 0) is 17.7 Å². The molecule has 6 heteroatoms. The summed E-state index contributed by atoms with van der Waals surface area (Å²) in [5, 5.41) is 2.31. The molecule has 0 radical (unpaired) electrons. The highest BCUT2D eigenvalue weighted by Gasteiger charge is 2.23. The highest BCUT2D eigenvalue weighted by Crippen LogP contribution is 2.20. The number of hydrogen-bond donors (Lipinski definition) is 1. The number of aromatic nitrogens is 1. The summed E-state index contributed by atoms with van der Waals surface area (Å²) >= 11 is 5.53. The second-order valence-corrected chi connectivity index (χ2v) is 3.33. The molecule has 1 aromatic rings. The summed E-state index contributed by atoms with van der Waals surface area (Å²) in [4.78, 5) is 14.6. The standard InChI is InChI=1S/C10H9ClF2N2O/c1-2-8(16)15-9(10(12)13)6-3-4-7(11)14-5-6/h2-5,9-10H,1H2,(H,15,16). The minimum absolute atomic E-state index is 0.189. The molecule has 1 aromatic heterocycles. The van der Waals surface area contributed by atoms with Crippen molar-refractivity contribution >= 4 is 17.5 Å². The number of amides is 1. The lowest BCUT2D eigenvalue weighted by Gasteiger charge is -2.16. The lowest BCUT2D eigenvalue weighted by Crippen LogP contribution is -2.31. The Morgan fingerprint density at radius 1 is 1.56 bits per heavy atom. The van der Waals surface area contributed by atoms with Crippen LogP contribution >= 0.6 is 11.6 Å². The molecule has 1 amide bonds. The summed E-state index contributed by atoms with van der Waals surface area (Å²) in [5.74, 6) is -0.666. The largest absolute Gasteiger partial charge is 0.340 e. The van der Waals surface area contributed by atoms with E-state index < -0.39 is 18.4 Å². The maximum absolute atomic E-state index is 12.7. The number of pyridine rings is 1. The zero-order valence-corrected chi connectivity index (χ0v) is 8.92. The Balaban J connectivity index is 2.89. The second kappa shape index (κ2) is 5.55. The van der Waals surface area contributed by atoms with Gasteiger partial charge in [-0.3, -0.25) is 4.79 Å². The van der Waals surface area contributed by atoms with Gasteiger partial charge in [-0.15, -0.1) is 0 Å². The van der Waals surface area contributed by atoms with Crippen LogP contribution in [0.3, 0.4) is 0 Å². The van der Waals surface area contributed by atoms with E-state index >= 15 is 0 Å². The molecule has 0 spiro atoms. The molecule has 0 aliphatic heterocycles. The number of hydrogen-bond acceptors (Lipinski definition) is 2. The topological polar surface area (TPSA) is 42.0 Å². The Hall–Kier alpha value is -1.49. The number of rotatable bonds is 4. The van der Waals surface area contributed by atoms with Gasteiger partial charge in [0.2, 0.25) is 5.91 Å². The first kappa shape index (κ1) is 12.6. The van der Waals surface area contributed by atoms with Crippen LogP contribution in [-0.4, -0.2) is 17.3 Å². The molecule has 1 heterocycles. The van der Waals surface area contributed by atoms with Gasteiger partial charge in [-0.1, -0.05) is 24.2 Å². The molecule has 86 valence electrons. The maximum atomic E-state index is 12.7. The van der Waals surface area contributed by atoms with Crippen LogP contribution < -0.4 is 5.32 Å². The first-order chi connectivity index (χ1) is 7.54. The summed E-state index contributed by atoms with van der Waals surface area (Å²) < 4.78 is 25.3. The van der Waals surface area contributed by atoms with Crippen molar-refractivity contribution in [1.82, 2.24) is 10.3 Å². The fraction of sp³-hybridized carbons (Fsp3) is 0.200. The van der Waals surface area contributed by atoms with E-state index in [0.29, 0.717) is 0 Å². The number of carbonyl (C=O) groups is 1. The van der Waals surface area contributed by atoms with Crippen molar-refractivity contribution in [3.63, 3.8) is 0 Å². The molecule has 1 atom stereocenters. The molecule has 0 aliphatic rings. The summed E-state index contributed by atoms with van der Waals surface area (Å²) in [6.45, 7) is 3.19. The zero-order valence-electron chi connectivity index (χ0n) is 8.16. The van der Waals surface area contributed by atoms with E-state index in [9.17, 15) is 13.6 Å². The predicted octanol–water partition coefficient (Wildman–Crippen LogP) is 2.34. The van der Waals surface area contributed by atoms with Crippen molar-refractivity contribution in [2.24, 2.45) is 0 Å². The van der Waals surface area contributed by atoms with E-state index in [0.717, 1.165) is 6.08 Å². The van der Waals surface area contributed by atoms with Gasteiger partial charge in [0.05, 0.1) is 0 Å². The molecule has 1 N–H and O–H groups in total. The Morgan fingerprint density at radius 3 is 2.69 bits per heavy atom. The van der Waals surface area contributed by atoms with Gasteiger partial charge in [-0.25, -0.2) is 13.8 Å². The first-order valence-electron chi connectivity index (χ1n) is 4.37. The molecule has 0 aliphatic carbocycles. The van der Waals surface area contributed by atoms with Crippen molar-refractivity contribution in [1.29, 1.82) is 0 Å². The number of nitrogens with one attached hydrogen (secondary N) is 1.